The number of aromatic amines is 1. The third-order valence-corrected chi connectivity index (χ3v) is 2.91. The summed E-state index contributed by atoms with van der Waals surface area (Å²) in [6.45, 7) is 0. The van der Waals surface area contributed by atoms with Gasteiger partial charge in [0.05, 0.1) is 5.02 Å². The largest absolute Gasteiger partial charge is 0.342 e. The van der Waals surface area contributed by atoms with Crippen LogP contribution in [0.4, 0.5) is 0 Å². The number of hydrogen-bond donors (Lipinski definition) is 1. The molecule has 0 radical (unpaired) electrons. The highest BCUT2D eigenvalue weighted by Gasteiger charge is 2.13. The van der Waals surface area contributed by atoms with Crippen LogP contribution in [0.15, 0.2) is 40.9 Å². The van der Waals surface area contributed by atoms with E-state index in [9.17, 15) is 0 Å². The van der Waals surface area contributed by atoms with Crippen LogP contribution in [0.25, 0.3) is 23.0 Å². The predicted octanol–water partition coefficient (Wildman–Crippen LogP) is 3.26. The number of nitriles is 1. The molecule has 19 heavy (non-hydrogen) atoms. The molecule has 0 atom stereocenters. The zero-order valence-corrected chi connectivity index (χ0v) is 10.3. The molecule has 0 bridgehead atoms. The van der Waals surface area contributed by atoms with Gasteiger partial charge in [-0.2, -0.15) is 10.2 Å². The zero-order valence-electron chi connectivity index (χ0n) is 9.59. The first-order valence-electron chi connectivity index (χ1n) is 5.46. The van der Waals surface area contributed by atoms with E-state index in [1.807, 2.05) is 24.3 Å². The SMILES string of the molecule is N#Cc1ccc(-c2nc(-c3ccccc3Cl)no2)[nH]1. The van der Waals surface area contributed by atoms with E-state index in [1.165, 1.54) is 0 Å². The van der Waals surface area contributed by atoms with Crippen molar-refractivity contribution < 1.29 is 4.52 Å². The minimum absolute atomic E-state index is 0.316. The summed E-state index contributed by atoms with van der Waals surface area (Å²) in [6, 6.07) is 12.6. The first-order chi connectivity index (χ1) is 9.28. The van der Waals surface area contributed by atoms with Crippen LogP contribution in [-0.2, 0) is 0 Å². The maximum absolute atomic E-state index is 8.75. The Labute approximate surface area is 113 Å². The second-order valence-corrected chi connectivity index (χ2v) is 4.21. The Bertz CT molecular complexity index is 769. The summed E-state index contributed by atoms with van der Waals surface area (Å²) in [7, 11) is 0. The van der Waals surface area contributed by atoms with E-state index >= 15 is 0 Å². The average molecular weight is 271 g/mol. The molecule has 3 aromatic rings. The lowest BCUT2D eigenvalue weighted by atomic mass is 10.2. The number of nitrogens with zero attached hydrogens (tertiary/aromatic N) is 3. The molecule has 92 valence electrons. The van der Waals surface area contributed by atoms with Crippen LogP contribution < -0.4 is 0 Å². The number of nitrogens with one attached hydrogen (secondary N) is 1. The van der Waals surface area contributed by atoms with Gasteiger partial charge in [0.2, 0.25) is 5.82 Å². The Hall–Kier alpha value is -2.58. The second-order valence-electron chi connectivity index (χ2n) is 3.80. The standard InChI is InChI=1S/C13H7ClN4O/c14-10-4-2-1-3-9(10)12-17-13(19-18-12)11-6-5-8(7-15)16-11/h1-6,16H. The van der Waals surface area contributed by atoms with Crippen molar-refractivity contribution >= 4 is 11.6 Å². The van der Waals surface area contributed by atoms with Crippen molar-refractivity contribution in [3.63, 3.8) is 0 Å². The Kier molecular flexibility index (Phi) is 2.78. The topological polar surface area (TPSA) is 78.5 Å². The summed E-state index contributed by atoms with van der Waals surface area (Å²) >= 11 is 6.07. The highest BCUT2D eigenvalue weighted by molar-refractivity contribution is 6.33. The number of hydrogen-bond acceptors (Lipinski definition) is 4. The minimum Gasteiger partial charge on any atom is -0.342 e. The summed E-state index contributed by atoms with van der Waals surface area (Å²) in [5, 5.41) is 13.2. The lowest BCUT2D eigenvalue weighted by molar-refractivity contribution is 0.431. The van der Waals surface area contributed by atoms with Gasteiger partial charge in [0.15, 0.2) is 0 Å². The van der Waals surface area contributed by atoms with Crippen molar-refractivity contribution in [2.45, 2.75) is 0 Å². The molecule has 0 saturated carbocycles. The zero-order chi connectivity index (χ0) is 13.2. The maximum atomic E-state index is 8.75. The van der Waals surface area contributed by atoms with Crippen LogP contribution >= 0.6 is 11.6 Å². The maximum Gasteiger partial charge on any atom is 0.274 e. The fourth-order valence-electron chi connectivity index (χ4n) is 1.67. The van der Waals surface area contributed by atoms with Gasteiger partial charge in [-0.3, -0.25) is 0 Å². The van der Waals surface area contributed by atoms with Crippen molar-refractivity contribution in [2.24, 2.45) is 0 Å². The average Bonchev–Trinajstić information content (AvgIpc) is 3.08. The van der Waals surface area contributed by atoms with Gasteiger partial charge in [0.25, 0.3) is 5.89 Å². The Morgan fingerprint density at radius 3 is 2.79 bits per heavy atom. The van der Waals surface area contributed by atoms with Gasteiger partial charge in [0, 0.05) is 5.56 Å². The third kappa shape index (κ3) is 2.09. The van der Waals surface area contributed by atoms with Crippen LogP contribution in [0.1, 0.15) is 5.69 Å². The quantitative estimate of drug-likeness (QED) is 0.775. The molecule has 2 aromatic heterocycles. The summed E-state index contributed by atoms with van der Waals surface area (Å²) < 4.78 is 5.16. The molecule has 0 saturated heterocycles. The molecule has 0 spiro atoms. The van der Waals surface area contributed by atoms with Crippen LogP contribution in [0.2, 0.25) is 5.02 Å². The van der Waals surface area contributed by atoms with Crippen molar-refractivity contribution in [1.29, 1.82) is 5.26 Å². The van der Waals surface area contributed by atoms with E-state index in [0.29, 0.717) is 33.7 Å². The van der Waals surface area contributed by atoms with Gasteiger partial charge >= 0.3 is 0 Å². The van der Waals surface area contributed by atoms with E-state index in [2.05, 4.69) is 15.1 Å². The van der Waals surface area contributed by atoms with E-state index in [0.717, 1.165) is 0 Å². The molecule has 0 aliphatic rings. The van der Waals surface area contributed by atoms with Gasteiger partial charge in [-0.1, -0.05) is 28.9 Å². The summed E-state index contributed by atoms with van der Waals surface area (Å²) in [5.74, 6) is 0.727. The van der Waals surface area contributed by atoms with Crippen LogP contribution in [0, 0.1) is 11.3 Å². The molecule has 0 unspecified atom stereocenters. The molecular formula is C13H7ClN4O. The van der Waals surface area contributed by atoms with Crippen molar-refractivity contribution in [2.75, 3.05) is 0 Å². The Morgan fingerprint density at radius 1 is 1.21 bits per heavy atom. The van der Waals surface area contributed by atoms with E-state index in [1.54, 1.807) is 18.2 Å². The lowest BCUT2D eigenvalue weighted by Gasteiger charge is -1.95. The minimum atomic E-state index is 0.316. The Morgan fingerprint density at radius 2 is 2.05 bits per heavy atom. The molecule has 0 fully saturated rings. The van der Waals surface area contributed by atoms with Gasteiger partial charge in [-0.05, 0) is 24.3 Å². The molecule has 0 aliphatic heterocycles. The predicted molar refractivity (Wildman–Crippen MR) is 69.2 cm³/mol. The first kappa shape index (κ1) is 11.5. The van der Waals surface area contributed by atoms with Crippen molar-refractivity contribution in [3.05, 3.63) is 47.1 Å². The van der Waals surface area contributed by atoms with Crippen LogP contribution in [0.5, 0.6) is 0 Å². The molecular weight excluding hydrogens is 264 g/mol. The highest BCUT2D eigenvalue weighted by atomic mass is 35.5. The van der Waals surface area contributed by atoms with Gasteiger partial charge in [-0.25, -0.2) is 0 Å². The molecule has 6 heteroatoms. The van der Waals surface area contributed by atoms with E-state index < -0.39 is 0 Å². The third-order valence-electron chi connectivity index (χ3n) is 2.58. The van der Waals surface area contributed by atoms with Crippen molar-refractivity contribution in [1.82, 2.24) is 15.1 Å². The number of benzene rings is 1. The smallest absolute Gasteiger partial charge is 0.274 e. The molecule has 1 N–H and O–H groups in total. The monoisotopic (exact) mass is 270 g/mol. The van der Waals surface area contributed by atoms with Gasteiger partial charge < -0.3 is 9.51 Å². The molecule has 0 aliphatic carbocycles. The van der Waals surface area contributed by atoms with Crippen molar-refractivity contribution in [3.8, 4) is 29.0 Å². The van der Waals surface area contributed by atoms with Crippen LogP contribution in [0.3, 0.4) is 0 Å². The molecule has 0 amide bonds. The molecule has 3 rings (SSSR count). The second kappa shape index (κ2) is 4.59. The molecule has 5 nitrogen and oxygen atoms in total. The summed E-state index contributed by atoms with van der Waals surface area (Å²) in [5.41, 5.74) is 1.74. The van der Waals surface area contributed by atoms with E-state index in [-0.39, 0.29) is 0 Å². The molecule has 1 aromatic carbocycles. The highest BCUT2D eigenvalue weighted by Crippen LogP contribution is 2.27. The normalized spacial score (nSPS) is 10.3. The Balaban J connectivity index is 2.00. The number of rotatable bonds is 2. The fourth-order valence-corrected chi connectivity index (χ4v) is 1.89. The number of H-pyrrole nitrogens is 1. The van der Waals surface area contributed by atoms with Gasteiger partial charge in [-0.15, -0.1) is 0 Å². The van der Waals surface area contributed by atoms with E-state index in [4.69, 9.17) is 21.4 Å². The summed E-state index contributed by atoms with van der Waals surface area (Å²) in [6.07, 6.45) is 0. The van der Waals surface area contributed by atoms with Crippen LogP contribution in [-0.4, -0.2) is 15.1 Å². The summed E-state index contributed by atoms with van der Waals surface area (Å²) in [4.78, 5) is 7.12. The number of aromatic nitrogens is 3. The lowest BCUT2D eigenvalue weighted by Crippen LogP contribution is -1.82. The first-order valence-corrected chi connectivity index (χ1v) is 5.84. The fraction of sp³-hybridized carbons (Fsp3) is 0. The van der Waals surface area contributed by atoms with Gasteiger partial charge in [0.1, 0.15) is 17.5 Å². The number of halogens is 1. The molecule has 2 heterocycles.